The summed E-state index contributed by atoms with van der Waals surface area (Å²) in [6.45, 7) is 3.35. The maximum absolute atomic E-state index is 13.5. The number of hydrogen-bond donors (Lipinski definition) is 1. The van der Waals surface area contributed by atoms with Gasteiger partial charge in [0.1, 0.15) is 0 Å². The molecular formula is C32H32F6N2O2S. The molecule has 2 aliphatic rings. The second-order valence-corrected chi connectivity index (χ2v) is 11.8. The van der Waals surface area contributed by atoms with Gasteiger partial charge < -0.3 is 14.8 Å². The van der Waals surface area contributed by atoms with Crippen LogP contribution in [0, 0.1) is 0 Å². The smallest absolute Gasteiger partial charge is 0.374 e. The fourth-order valence-corrected chi connectivity index (χ4v) is 6.38. The molecule has 1 N–H and O–H groups in total. The lowest BCUT2D eigenvalue weighted by Gasteiger charge is -2.57. The summed E-state index contributed by atoms with van der Waals surface area (Å²) in [5.74, 6) is 0. The normalized spacial score (nSPS) is 24.8. The Morgan fingerprint density at radius 2 is 1.47 bits per heavy atom. The monoisotopic (exact) mass is 622 g/mol. The molecule has 1 unspecified atom stereocenters. The molecular weight excluding hydrogens is 590 g/mol. The molecule has 4 nitrogen and oxygen atoms in total. The van der Waals surface area contributed by atoms with Gasteiger partial charge in [0.2, 0.25) is 0 Å². The van der Waals surface area contributed by atoms with Crippen LogP contribution < -0.4 is 5.32 Å². The quantitative estimate of drug-likeness (QED) is 0.196. The number of ether oxygens (including phenoxy) is 2. The lowest BCUT2D eigenvalue weighted by Crippen LogP contribution is -2.72. The molecule has 3 aromatic rings. The number of thiocarbonyl (C=S) groups is 1. The van der Waals surface area contributed by atoms with Gasteiger partial charge in [-0.15, -0.1) is 0 Å². The summed E-state index contributed by atoms with van der Waals surface area (Å²) in [6, 6.07) is 21.0. The van der Waals surface area contributed by atoms with Gasteiger partial charge in [0.25, 0.3) is 0 Å². The Labute approximate surface area is 252 Å². The predicted octanol–water partition coefficient (Wildman–Crippen LogP) is 7.68. The number of halogens is 6. The van der Waals surface area contributed by atoms with Crippen molar-refractivity contribution >= 4 is 17.2 Å². The maximum Gasteiger partial charge on any atom is 0.416 e. The van der Waals surface area contributed by atoms with Crippen molar-refractivity contribution in [2.24, 2.45) is 0 Å². The van der Waals surface area contributed by atoms with Crippen molar-refractivity contribution in [2.75, 3.05) is 26.3 Å². The summed E-state index contributed by atoms with van der Waals surface area (Å²) < 4.78 is 93.4. The molecule has 2 aliphatic heterocycles. The average molecular weight is 623 g/mol. The lowest BCUT2D eigenvalue weighted by molar-refractivity contribution is -0.143. The molecule has 0 radical (unpaired) electrons. The van der Waals surface area contributed by atoms with Gasteiger partial charge in [-0.1, -0.05) is 72.9 Å². The van der Waals surface area contributed by atoms with E-state index in [0.717, 1.165) is 23.3 Å². The van der Waals surface area contributed by atoms with Gasteiger partial charge in [-0.05, 0) is 54.7 Å². The van der Waals surface area contributed by atoms with Crippen LogP contribution >= 0.6 is 12.2 Å². The van der Waals surface area contributed by atoms with Crippen LogP contribution in [0.25, 0.3) is 0 Å². The van der Waals surface area contributed by atoms with E-state index < -0.39 is 40.7 Å². The van der Waals surface area contributed by atoms with Gasteiger partial charge in [0.15, 0.2) is 0 Å². The molecule has 0 aromatic heterocycles. The Kier molecular flexibility index (Phi) is 8.91. The van der Waals surface area contributed by atoms with Crippen LogP contribution in [-0.4, -0.2) is 41.7 Å². The average Bonchev–Trinajstić information content (AvgIpc) is 2.96. The fraction of sp³-hybridized carbons (Fsp3) is 0.406. The second kappa shape index (κ2) is 12.2. The number of piperazine rings is 1. The van der Waals surface area contributed by atoms with Gasteiger partial charge in [-0.25, -0.2) is 0 Å². The third-order valence-electron chi connectivity index (χ3n) is 8.31. The number of piperidine rings is 1. The van der Waals surface area contributed by atoms with Crippen molar-refractivity contribution < 1.29 is 35.8 Å². The van der Waals surface area contributed by atoms with E-state index in [0.29, 0.717) is 44.1 Å². The summed E-state index contributed by atoms with van der Waals surface area (Å²) in [4.78, 5) is 2.84. The van der Waals surface area contributed by atoms with Crippen LogP contribution in [0.4, 0.5) is 26.3 Å². The minimum atomic E-state index is -4.94. The molecule has 3 aromatic carbocycles. The molecule has 2 heterocycles. The van der Waals surface area contributed by atoms with E-state index in [9.17, 15) is 26.3 Å². The van der Waals surface area contributed by atoms with Crippen LogP contribution in [0.2, 0.25) is 0 Å². The zero-order valence-electron chi connectivity index (χ0n) is 23.5. The maximum atomic E-state index is 13.5. The molecule has 2 bridgehead atoms. The van der Waals surface area contributed by atoms with Crippen LogP contribution in [0.1, 0.15) is 53.7 Å². The first kappa shape index (κ1) is 31.4. The summed E-state index contributed by atoms with van der Waals surface area (Å²) >= 11 is 5.68. The number of alkyl halides is 6. The SMILES string of the molecule is C[C@@H](OC[C@@]1(c2ccccc2)CC[C@]2(COCc3ccccc3)CN1CC(=S)N2)c1cc(C(F)(F)F)cc(C(F)(F)F)c1. The van der Waals surface area contributed by atoms with Gasteiger partial charge in [0.05, 0.1) is 53.1 Å². The number of nitrogens with zero attached hydrogens (tertiary/aromatic N) is 1. The van der Waals surface area contributed by atoms with E-state index in [4.69, 9.17) is 21.7 Å². The molecule has 2 fully saturated rings. The third-order valence-corrected chi connectivity index (χ3v) is 8.54. The van der Waals surface area contributed by atoms with Crippen molar-refractivity contribution in [3.05, 3.63) is 107 Å². The first-order valence-corrected chi connectivity index (χ1v) is 14.3. The van der Waals surface area contributed by atoms with Crippen molar-refractivity contribution in [3.8, 4) is 0 Å². The highest BCUT2D eigenvalue weighted by Gasteiger charge is 2.52. The lowest BCUT2D eigenvalue weighted by atomic mass is 9.73. The zero-order chi connectivity index (χ0) is 30.9. The van der Waals surface area contributed by atoms with Gasteiger partial charge in [-0.2, -0.15) is 26.3 Å². The Bertz CT molecular complexity index is 1390. The Morgan fingerprint density at radius 1 is 0.860 bits per heavy atom. The Morgan fingerprint density at radius 3 is 2.07 bits per heavy atom. The Hall–Kier alpha value is -2.99. The first-order chi connectivity index (χ1) is 20.3. The first-order valence-electron chi connectivity index (χ1n) is 13.9. The third kappa shape index (κ3) is 7.06. The van der Waals surface area contributed by atoms with Crippen LogP contribution in [0.5, 0.6) is 0 Å². The van der Waals surface area contributed by atoms with E-state index in [1.54, 1.807) is 0 Å². The number of fused-ring (bicyclic) bond motifs is 2. The highest BCUT2D eigenvalue weighted by molar-refractivity contribution is 7.80. The minimum absolute atomic E-state index is 0.0410. The molecule has 0 saturated carbocycles. The largest absolute Gasteiger partial charge is 0.416 e. The van der Waals surface area contributed by atoms with Crippen LogP contribution in [0.3, 0.4) is 0 Å². The number of nitrogens with one attached hydrogen (secondary N) is 1. The van der Waals surface area contributed by atoms with E-state index in [1.165, 1.54) is 6.92 Å². The van der Waals surface area contributed by atoms with Gasteiger partial charge in [-0.3, -0.25) is 4.90 Å². The van der Waals surface area contributed by atoms with E-state index in [1.807, 2.05) is 60.7 Å². The molecule has 0 aliphatic carbocycles. The van der Waals surface area contributed by atoms with Crippen molar-refractivity contribution in [2.45, 2.75) is 55.9 Å². The molecule has 43 heavy (non-hydrogen) atoms. The van der Waals surface area contributed by atoms with Crippen molar-refractivity contribution in [1.29, 1.82) is 0 Å². The van der Waals surface area contributed by atoms with Crippen molar-refractivity contribution in [3.63, 3.8) is 0 Å². The molecule has 5 rings (SSSR count). The van der Waals surface area contributed by atoms with Gasteiger partial charge >= 0.3 is 12.4 Å². The molecule has 11 heteroatoms. The topological polar surface area (TPSA) is 33.7 Å². The fourth-order valence-electron chi connectivity index (χ4n) is 6.01. The van der Waals surface area contributed by atoms with Crippen LogP contribution in [0.15, 0.2) is 78.9 Å². The standard InChI is InChI=1S/C32H32F6N2O2S/c1-22(24-14-26(31(33,34)35)16-27(15-24)32(36,37)38)42-21-30(25-10-6-3-7-11-25)13-12-29(19-40(30)17-28(43)39-29)20-41-18-23-8-4-2-5-9-23/h2-11,14-16,22H,12-13,17-21H2,1H3,(H,39,43)/t22-,29-,30-/m1/s1. The molecule has 230 valence electrons. The summed E-state index contributed by atoms with van der Waals surface area (Å²) in [6.07, 6.45) is -9.66. The zero-order valence-corrected chi connectivity index (χ0v) is 24.3. The molecule has 4 atom stereocenters. The molecule has 0 spiro atoms. The number of benzene rings is 3. The van der Waals surface area contributed by atoms with Crippen LogP contribution in [-0.2, 0) is 34.0 Å². The second-order valence-electron chi connectivity index (χ2n) is 11.4. The summed E-state index contributed by atoms with van der Waals surface area (Å²) in [5.41, 5.74) is -2.09. The highest BCUT2D eigenvalue weighted by Crippen LogP contribution is 2.44. The van der Waals surface area contributed by atoms with E-state index >= 15 is 0 Å². The van der Waals surface area contributed by atoms with E-state index in [-0.39, 0.29) is 18.2 Å². The van der Waals surface area contributed by atoms with E-state index in [2.05, 4.69) is 10.2 Å². The minimum Gasteiger partial charge on any atom is -0.374 e. The summed E-state index contributed by atoms with van der Waals surface area (Å²) in [5, 5.41) is 3.48. The Balaban J connectivity index is 1.39. The highest BCUT2D eigenvalue weighted by atomic mass is 32.1. The predicted molar refractivity (Wildman–Crippen MR) is 154 cm³/mol. The van der Waals surface area contributed by atoms with Crippen molar-refractivity contribution in [1.82, 2.24) is 10.2 Å². The molecule has 2 saturated heterocycles. The summed E-state index contributed by atoms with van der Waals surface area (Å²) in [7, 11) is 0. The number of hydrogen-bond acceptors (Lipinski definition) is 4. The number of rotatable bonds is 9. The molecule has 0 amide bonds. The van der Waals surface area contributed by atoms with Gasteiger partial charge in [0, 0.05) is 13.1 Å².